The maximum absolute atomic E-state index is 12.4. The minimum Gasteiger partial charge on any atom is -0.493 e. The summed E-state index contributed by atoms with van der Waals surface area (Å²) in [7, 11) is 3.17. The molecular formula is C22H28N2O4. The molecule has 0 atom stereocenters. The molecular weight excluding hydrogens is 356 g/mol. The Morgan fingerprint density at radius 3 is 2.36 bits per heavy atom. The van der Waals surface area contributed by atoms with Crippen molar-refractivity contribution in [3.63, 3.8) is 0 Å². The van der Waals surface area contributed by atoms with Crippen molar-refractivity contribution < 1.29 is 19.1 Å². The van der Waals surface area contributed by atoms with Gasteiger partial charge in [0.05, 0.1) is 20.8 Å². The van der Waals surface area contributed by atoms with E-state index >= 15 is 0 Å². The molecule has 2 aromatic carbocycles. The van der Waals surface area contributed by atoms with Gasteiger partial charge in [-0.15, -0.1) is 0 Å². The molecule has 1 N–H and O–H groups in total. The lowest BCUT2D eigenvalue weighted by molar-refractivity contribution is -0.132. The van der Waals surface area contributed by atoms with Gasteiger partial charge in [0.1, 0.15) is 0 Å². The monoisotopic (exact) mass is 384 g/mol. The molecule has 28 heavy (non-hydrogen) atoms. The van der Waals surface area contributed by atoms with Gasteiger partial charge in [-0.1, -0.05) is 18.2 Å². The molecule has 0 saturated heterocycles. The summed E-state index contributed by atoms with van der Waals surface area (Å²) in [6.45, 7) is 5.83. The molecule has 0 radical (unpaired) electrons. The predicted molar refractivity (Wildman–Crippen MR) is 110 cm³/mol. The molecule has 2 aromatic rings. The van der Waals surface area contributed by atoms with Gasteiger partial charge in [0, 0.05) is 19.2 Å². The number of nitrogens with zero attached hydrogens (tertiary/aromatic N) is 1. The van der Waals surface area contributed by atoms with Crippen molar-refractivity contribution in [3.8, 4) is 11.5 Å². The van der Waals surface area contributed by atoms with Crippen molar-refractivity contribution in [3.05, 3.63) is 53.1 Å². The number of hydrogen-bond acceptors (Lipinski definition) is 4. The normalized spacial score (nSPS) is 10.3. The van der Waals surface area contributed by atoms with E-state index in [0.717, 1.165) is 22.4 Å². The Morgan fingerprint density at radius 1 is 1.00 bits per heavy atom. The zero-order valence-corrected chi connectivity index (χ0v) is 17.2. The maximum Gasteiger partial charge on any atom is 0.244 e. The molecule has 6 nitrogen and oxygen atoms in total. The summed E-state index contributed by atoms with van der Waals surface area (Å²) in [5.74, 6) is 0.942. The van der Waals surface area contributed by atoms with Crippen molar-refractivity contribution in [2.24, 2.45) is 0 Å². The number of hydrogen-bond donors (Lipinski definition) is 1. The van der Waals surface area contributed by atoms with Crippen molar-refractivity contribution in [2.75, 3.05) is 32.6 Å². The summed E-state index contributed by atoms with van der Waals surface area (Å²) in [4.78, 5) is 26.0. The first-order chi connectivity index (χ1) is 13.3. The second kappa shape index (κ2) is 9.78. The second-order valence-corrected chi connectivity index (χ2v) is 6.75. The molecule has 150 valence electrons. The molecule has 0 fully saturated rings. The zero-order valence-electron chi connectivity index (χ0n) is 17.2. The maximum atomic E-state index is 12.4. The Hall–Kier alpha value is -3.02. The highest BCUT2D eigenvalue weighted by atomic mass is 16.5. The van der Waals surface area contributed by atoms with Crippen LogP contribution in [0.1, 0.15) is 23.6 Å². The Kier molecular flexibility index (Phi) is 7.44. The van der Waals surface area contributed by atoms with Gasteiger partial charge in [-0.3, -0.25) is 9.59 Å². The minimum absolute atomic E-state index is 0.00993. The number of methoxy groups -OCH3 is 2. The van der Waals surface area contributed by atoms with E-state index in [9.17, 15) is 9.59 Å². The van der Waals surface area contributed by atoms with Gasteiger partial charge in [-0.05, 0) is 55.2 Å². The largest absolute Gasteiger partial charge is 0.493 e. The van der Waals surface area contributed by atoms with Gasteiger partial charge in [-0.25, -0.2) is 0 Å². The number of rotatable bonds is 8. The van der Waals surface area contributed by atoms with Gasteiger partial charge >= 0.3 is 0 Å². The van der Waals surface area contributed by atoms with E-state index in [2.05, 4.69) is 5.32 Å². The molecule has 6 heteroatoms. The van der Waals surface area contributed by atoms with E-state index < -0.39 is 0 Å². The molecule has 2 rings (SSSR count). The van der Waals surface area contributed by atoms with Crippen LogP contribution in [0.15, 0.2) is 36.4 Å². The van der Waals surface area contributed by atoms with Crippen molar-refractivity contribution in [1.29, 1.82) is 0 Å². The third-order valence-electron chi connectivity index (χ3n) is 4.57. The molecule has 0 spiro atoms. The Labute approximate surface area is 166 Å². The van der Waals surface area contributed by atoms with Crippen LogP contribution in [0.4, 0.5) is 5.69 Å². The number of amides is 2. The number of carbonyl (C=O) groups is 2. The fourth-order valence-corrected chi connectivity index (χ4v) is 2.88. The number of nitrogens with one attached hydrogen (secondary N) is 1. The lowest BCUT2D eigenvalue weighted by Crippen LogP contribution is -2.38. The Bertz CT molecular complexity index is 848. The van der Waals surface area contributed by atoms with E-state index in [1.54, 1.807) is 14.2 Å². The highest BCUT2D eigenvalue weighted by Gasteiger charge is 2.15. The molecule has 2 amide bonds. The minimum atomic E-state index is -0.212. The molecule has 0 unspecified atom stereocenters. The summed E-state index contributed by atoms with van der Waals surface area (Å²) in [5.41, 5.74) is 3.82. The number of carbonyl (C=O) groups excluding carboxylic acids is 2. The second-order valence-electron chi connectivity index (χ2n) is 6.75. The van der Waals surface area contributed by atoms with Gasteiger partial charge in [0.2, 0.25) is 11.8 Å². The summed E-state index contributed by atoms with van der Waals surface area (Å²) >= 11 is 0. The Balaban J connectivity index is 2.00. The first-order valence-electron chi connectivity index (χ1n) is 9.17. The van der Waals surface area contributed by atoms with Crippen LogP contribution in [-0.4, -0.2) is 44.0 Å². The average Bonchev–Trinajstić information content (AvgIpc) is 2.67. The van der Waals surface area contributed by atoms with Crippen LogP contribution < -0.4 is 14.8 Å². The molecule has 0 saturated carbocycles. The van der Waals surface area contributed by atoms with Gasteiger partial charge < -0.3 is 19.7 Å². The quantitative estimate of drug-likeness (QED) is 0.758. The summed E-state index contributed by atoms with van der Waals surface area (Å²) in [6, 6.07) is 11.5. The molecule has 0 aromatic heterocycles. The Morgan fingerprint density at radius 2 is 1.71 bits per heavy atom. The molecule has 0 aliphatic carbocycles. The first kappa shape index (κ1) is 21.3. The molecule has 0 heterocycles. The fraction of sp³-hybridized carbons (Fsp3) is 0.364. The van der Waals surface area contributed by atoms with E-state index in [-0.39, 0.29) is 18.4 Å². The van der Waals surface area contributed by atoms with Crippen LogP contribution in [-0.2, 0) is 16.0 Å². The van der Waals surface area contributed by atoms with Crippen LogP contribution >= 0.6 is 0 Å². The highest BCUT2D eigenvalue weighted by molar-refractivity contribution is 5.95. The molecule has 0 aliphatic rings. The van der Waals surface area contributed by atoms with Crippen molar-refractivity contribution in [1.82, 2.24) is 4.90 Å². The smallest absolute Gasteiger partial charge is 0.244 e. The molecule has 0 aliphatic heterocycles. The molecule has 0 bridgehead atoms. The lowest BCUT2D eigenvalue weighted by atomic mass is 10.1. The summed E-state index contributed by atoms with van der Waals surface area (Å²) < 4.78 is 10.6. The standard InChI is InChI=1S/C22H28N2O4/c1-15-6-7-16(2)19(12-15)23-22(26)14-24(17(3)25)11-10-18-8-9-20(27-4)21(13-18)28-5/h6-9,12-13H,10-11,14H2,1-5H3,(H,23,26). The summed E-state index contributed by atoms with van der Waals surface area (Å²) in [5, 5.41) is 2.90. The van der Waals surface area contributed by atoms with Crippen LogP contribution in [0.25, 0.3) is 0 Å². The first-order valence-corrected chi connectivity index (χ1v) is 9.17. The van der Waals surface area contributed by atoms with E-state index in [4.69, 9.17) is 9.47 Å². The van der Waals surface area contributed by atoms with Crippen LogP contribution in [0.2, 0.25) is 0 Å². The van der Waals surface area contributed by atoms with Gasteiger partial charge in [0.15, 0.2) is 11.5 Å². The van der Waals surface area contributed by atoms with E-state index in [1.165, 1.54) is 11.8 Å². The third-order valence-corrected chi connectivity index (χ3v) is 4.57. The fourth-order valence-electron chi connectivity index (χ4n) is 2.88. The van der Waals surface area contributed by atoms with Crippen LogP contribution in [0.3, 0.4) is 0 Å². The zero-order chi connectivity index (χ0) is 20.7. The SMILES string of the molecule is COc1ccc(CCN(CC(=O)Nc2cc(C)ccc2C)C(C)=O)cc1OC. The average molecular weight is 384 g/mol. The van der Waals surface area contributed by atoms with Gasteiger partial charge in [0.25, 0.3) is 0 Å². The summed E-state index contributed by atoms with van der Waals surface area (Å²) in [6.07, 6.45) is 0.608. The number of aryl methyl sites for hydroxylation is 2. The van der Waals surface area contributed by atoms with Crippen LogP contribution in [0.5, 0.6) is 11.5 Å². The lowest BCUT2D eigenvalue weighted by Gasteiger charge is -2.21. The highest BCUT2D eigenvalue weighted by Crippen LogP contribution is 2.27. The predicted octanol–water partition coefficient (Wildman–Crippen LogP) is 3.35. The number of ether oxygens (including phenoxy) is 2. The number of benzene rings is 2. The van der Waals surface area contributed by atoms with Crippen molar-refractivity contribution in [2.45, 2.75) is 27.2 Å². The third kappa shape index (κ3) is 5.74. The van der Waals surface area contributed by atoms with E-state index in [1.807, 2.05) is 50.2 Å². The van der Waals surface area contributed by atoms with Crippen LogP contribution in [0, 0.1) is 13.8 Å². The van der Waals surface area contributed by atoms with Crippen molar-refractivity contribution >= 4 is 17.5 Å². The van der Waals surface area contributed by atoms with Gasteiger partial charge in [-0.2, -0.15) is 0 Å². The number of anilines is 1. The van der Waals surface area contributed by atoms with E-state index in [0.29, 0.717) is 24.5 Å². The topological polar surface area (TPSA) is 67.9 Å².